The van der Waals surface area contributed by atoms with Gasteiger partial charge in [0.25, 0.3) is 5.69 Å². The predicted molar refractivity (Wildman–Crippen MR) is 173 cm³/mol. The van der Waals surface area contributed by atoms with Crippen molar-refractivity contribution in [2.45, 2.75) is 59.3 Å². The van der Waals surface area contributed by atoms with Crippen LogP contribution in [-0.4, -0.2) is 46.6 Å². The summed E-state index contributed by atoms with van der Waals surface area (Å²) in [5.41, 5.74) is 2.19. The first-order chi connectivity index (χ1) is 21.0. The Hall–Kier alpha value is -3.42. The number of allylic oxidation sites excluding steroid dienone is 4. The highest BCUT2D eigenvalue weighted by molar-refractivity contribution is 9.11. The molecule has 0 spiro atoms. The molecular formula is C32H33Br2N3O8. The van der Waals surface area contributed by atoms with Crippen molar-refractivity contribution in [3.8, 4) is 11.5 Å². The topological polar surface area (TPSA) is 142 Å². The Bertz CT molecular complexity index is 1630. The molecule has 2 aromatic carbocycles. The Labute approximate surface area is 277 Å². The molecule has 45 heavy (non-hydrogen) atoms. The first kappa shape index (κ1) is 33.0. The van der Waals surface area contributed by atoms with E-state index in [9.17, 15) is 29.8 Å². The van der Waals surface area contributed by atoms with E-state index in [0.717, 1.165) is 23.5 Å². The van der Waals surface area contributed by atoms with Gasteiger partial charge >= 0.3 is 5.69 Å². The van der Waals surface area contributed by atoms with Crippen molar-refractivity contribution in [3.63, 3.8) is 0 Å². The molecule has 0 saturated heterocycles. The molecule has 0 unspecified atom stereocenters. The Balaban J connectivity index is 1.67. The lowest BCUT2D eigenvalue weighted by Gasteiger charge is -2.49. The van der Waals surface area contributed by atoms with Crippen molar-refractivity contribution in [1.82, 2.24) is 4.90 Å². The SMILES string of the molecule is COCCN1C2=C(C(=O)CC(C)(C)C2)C(c2cc(Br)c(Oc3ccc([N+](=O)[O-])cc3[N+](=O)[O-])c(Br)c2)C2=C1CC(C)(C)CC2=O. The molecule has 13 heteroatoms. The standard InChI is InChI=1S/C32H33Br2N3O8/c1-31(2)13-22-28(24(38)15-31)27(29-23(35(22)8-9-44-5)14-32(3,4)16-25(29)39)17-10-19(33)30(20(34)11-17)45-26-7-6-18(36(40)41)12-21(26)37(42)43/h6-7,10-12,27H,8-9,13-16H2,1-5H3. The molecule has 5 rings (SSSR count). The van der Waals surface area contributed by atoms with Gasteiger partial charge in [-0.15, -0.1) is 0 Å². The largest absolute Gasteiger partial charge is 0.448 e. The van der Waals surface area contributed by atoms with Crippen LogP contribution in [0.15, 0.2) is 61.8 Å². The molecule has 11 nitrogen and oxygen atoms in total. The summed E-state index contributed by atoms with van der Waals surface area (Å²) < 4.78 is 12.2. The highest BCUT2D eigenvalue weighted by Gasteiger charge is 2.49. The Morgan fingerprint density at radius 2 is 1.40 bits per heavy atom. The van der Waals surface area contributed by atoms with Gasteiger partial charge in [-0.05, 0) is 79.3 Å². The third-order valence-electron chi connectivity index (χ3n) is 8.46. The van der Waals surface area contributed by atoms with E-state index in [-0.39, 0.29) is 33.9 Å². The summed E-state index contributed by atoms with van der Waals surface area (Å²) in [6, 6.07) is 6.68. The molecule has 0 saturated carbocycles. The fourth-order valence-corrected chi connectivity index (χ4v) is 8.02. The van der Waals surface area contributed by atoms with Gasteiger partial charge in [-0.1, -0.05) is 27.7 Å². The van der Waals surface area contributed by atoms with Crippen LogP contribution in [0.5, 0.6) is 11.5 Å². The van der Waals surface area contributed by atoms with E-state index in [1.807, 2.05) is 0 Å². The monoisotopic (exact) mass is 745 g/mol. The average Bonchev–Trinajstić information content (AvgIpc) is 2.92. The minimum absolute atomic E-state index is 0.00748. The molecule has 3 aliphatic rings. The van der Waals surface area contributed by atoms with Gasteiger partial charge in [0.05, 0.1) is 31.5 Å². The summed E-state index contributed by atoms with van der Waals surface area (Å²) in [6.07, 6.45) is 2.01. The van der Waals surface area contributed by atoms with Gasteiger partial charge in [-0.25, -0.2) is 0 Å². The number of halogens is 2. The van der Waals surface area contributed by atoms with Gasteiger partial charge < -0.3 is 14.4 Å². The zero-order chi connectivity index (χ0) is 33.0. The molecule has 0 fully saturated rings. The van der Waals surface area contributed by atoms with Crippen LogP contribution in [0.3, 0.4) is 0 Å². The number of non-ortho nitro benzene ring substituents is 1. The van der Waals surface area contributed by atoms with Crippen LogP contribution in [0, 0.1) is 31.1 Å². The Kier molecular flexibility index (Phi) is 8.84. The van der Waals surface area contributed by atoms with Crippen molar-refractivity contribution in [3.05, 3.63) is 87.6 Å². The van der Waals surface area contributed by atoms with Crippen molar-refractivity contribution in [2.75, 3.05) is 20.3 Å². The first-order valence-electron chi connectivity index (χ1n) is 14.4. The van der Waals surface area contributed by atoms with E-state index < -0.39 is 27.1 Å². The lowest BCUT2D eigenvalue weighted by atomic mass is 9.63. The molecule has 0 bridgehead atoms. The number of carbonyl (C=O) groups is 2. The predicted octanol–water partition coefficient (Wildman–Crippen LogP) is 8.15. The van der Waals surface area contributed by atoms with Gasteiger partial charge in [-0.2, -0.15) is 0 Å². The van der Waals surface area contributed by atoms with E-state index in [1.165, 1.54) is 6.07 Å². The molecule has 2 aromatic rings. The maximum absolute atomic E-state index is 14.0. The molecule has 2 aliphatic carbocycles. The van der Waals surface area contributed by atoms with E-state index in [4.69, 9.17) is 9.47 Å². The molecule has 0 amide bonds. The number of ketones is 2. The Morgan fingerprint density at radius 1 is 0.867 bits per heavy atom. The van der Waals surface area contributed by atoms with Crippen LogP contribution >= 0.6 is 31.9 Å². The number of benzene rings is 2. The third-order valence-corrected chi connectivity index (χ3v) is 9.63. The van der Waals surface area contributed by atoms with Gasteiger partial charge in [-0.3, -0.25) is 29.8 Å². The zero-order valence-electron chi connectivity index (χ0n) is 25.6. The summed E-state index contributed by atoms with van der Waals surface area (Å²) >= 11 is 7.10. The number of hydrogen-bond donors (Lipinski definition) is 0. The smallest absolute Gasteiger partial charge is 0.318 e. The van der Waals surface area contributed by atoms with Gasteiger partial charge in [0, 0.05) is 61.0 Å². The number of rotatable bonds is 8. The fourth-order valence-electron chi connectivity index (χ4n) is 6.64. The van der Waals surface area contributed by atoms with E-state index >= 15 is 0 Å². The molecule has 0 atom stereocenters. The van der Waals surface area contributed by atoms with Crippen molar-refractivity contribution >= 4 is 54.8 Å². The Morgan fingerprint density at radius 3 is 1.87 bits per heavy atom. The van der Waals surface area contributed by atoms with Crippen molar-refractivity contribution in [2.24, 2.45) is 10.8 Å². The van der Waals surface area contributed by atoms with Crippen molar-refractivity contribution in [1.29, 1.82) is 0 Å². The number of ether oxygens (including phenoxy) is 2. The summed E-state index contributed by atoms with van der Waals surface area (Å²) in [4.78, 5) is 51.6. The third kappa shape index (κ3) is 6.34. The summed E-state index contributed by atoms with van der Waals surface area (Å²) in [6.45, 7) is 9.26. The fraction of sp³-hybridized carbons (Fsp3) is 0.438. The number of Topliss-reactive ketones (excluding diaryl/α,β-unsaturated/α-hetero) is 2. The lowest BCUT2D eigenvalue weighted by Crippen LogP contribution is -2.45. The summed E-state index contributed by atoms with van der Waals surface area (Å²) in [5, 5.41) is 22.9. The molecular weight excluding hydrogens is 714 g/mol. The van der Waals surface area contributed by atoms with Crippen LogP contribution in [-0.2, 0) is 14.3 Å². The summed E-state index contributed by atoms with van der Waals surface area (Å²) in [5.74, 6) is -0.616. The van der Waals surface area contributed by atoms with Gasteiger partial charge in [0.15, 0.2) is 17.3 Å². The van der Waals surface area contributed by atoms with Crippen LogP contribution in [0.2, 0.25) is 0 Å². The number of methoxy groups -OCH3 is 1. The first-order valence-corrected chi connectivity index (χ1v) is 16.0. The molecule has 0 radical (unpaired) electrons. The number of nitro groups is 2. The molecule has 1 aliphatic heterocycles. The average molecular weight is 747 g/mol. The minimum atomic E-state index is -0.746. The molecule has 0 N–H and O–H groups in total. The van der Waals surface area contributed by atoms with E-state index in [1.54, 1.807) is 19.2 Å². The molecule has 1 heterocycles. The number of carbonyl (C=O) groups excluding carboxylic acids is 2. The van der Waals surface area contributed by atoms with Crippen LogP contribution in [0.25, 0.3) is 0 Å². The minimum Gasteiger partial charge on any atom is -0.448 e. The maximum Gasteiger partial charge on any atom is 0.318 e. The van der Waals surface area contributed by atoms with E-state index in [0.29, 0.717) is 64.5 Å². The maximum atomic E-state index is 14.0. The number of hydrogen-bond acceptors (Lipinski definition) is 9. The lowest BCUT2D eigenvalue weighted by molar-refractivity contribution is -0.394. The van der Waals surface area contributed by atoms with Crippen LogP contribution in [0.4, 0.5) is 11.4 Å². The highest BCUT2D eigenvalue weighted by Crippen LogP contribution is 2.55. The summed E-state index contributed by atoms with van der Waals surface area (Å²) in [7, 11) is 1.63. The quantitative estimate of drug-likeness (QED) is 0.193. The normalized spacial score (nSPS) is 19.4. The second kappa shape index (κ2) is 12.1. The number of nitro benzene ring substituents is 2. The molecule has 238 valence electrons. The van der Waals surface area contributed by atoms with Crippen molar-refractivity contribution < 1.29 is 28.9 Å². The number of nitrogens with zero attached hydrogens (tertiary/aromatic N) is 3. The second-order valence-corrected chi connectivity index (χ2v) is 15.0. The molecule has 0 aromatic heterocycles. The van der Waals surface area contributed by atoms with Gasteiger partial charge in [0.2, 0.25) is 5.75 Å². The van der Waals surface area contributed by atoms with Gasteiger partial charge in [0.1, 0.15) is 0 Å². The highest BCUT2D eigenvalue weighted by atomic mass is 79.9. The van der Waals surface area contributed by atoms with E-state index in [2.05, 4.69) is 64.5 Å². The van der Waals surface area contributed by atoms with Crippen LogP contribution < -0.4 is 4.74 Å². The van der Waals surface area contributed by atoms with Crippen LogP contribution in [0.1, 0.15) is 64.9 Å². The zero-order valence-corrected chi connectivity index (χ0v) is 28.7. The second-order valence-electron chi connectivity index (χ2n) is 13.3.